The Morgan fingerprint density at radius 3 is 2.75 bits per heavy atom. The molecule has 86 valence electrons. The fourth-order valence-corrected chi connectivity index (χ4v) is 1.56. The van der Waals surface area contributed by atoms with E-state index in [1.54, 1.807) is 4.68 Å². The number of aryl methyl sites for hydroxylation is 3. The van der Waals surface area contributed by atoms with Crippen LogP contribution in [0.1, 0.15) is 12.6 Å². The van der Waals surface area contributed by atoms with Crippen LogP contribution in [0.25, 0.3) is 0 Å². The minimum atomic E-state index is 0.674. The van der Waals surface area contributed by atoms with E-state index in [1.165, 1.54) is 0 Å². The lowest BCUT2D eigenvalue weighted by molar-refractivity contribution is 0.661. The molecule has 0 aliphatic heterocycles. The second-order valence-corrected chi connectivity index (χ2v) is 3.66. The highest BCUT2D eigenvalue weighted by Crippen LogP contribution is 2.24. The number of nitrogens with zero attached hydrogens (tertiary/aromatic N) is 4. The van der Waals surface area contributed by atoms with Crippen molar-refractivity contribution in [2.75, 3.05) is 11.1 Å². The van der Waals surface area contributed by atoms with E-state index in [4.69, 9.17) is 5.73 Å². The van der Waals surface area contributed by atoms with Crippen molar-refractivity contribution in [1.82, 2.24) is 19.6 Å². The lowest BCUT2D eigenvalue weighted by Crippen LogP contribution is -2.04. The number of nitrogen functional groups attached to an aromatic ring is 1. The molecule has 0 bridgehead atoms. The highest BCUT2D eigenvalue weighted by atomic mass is 15.4. The van der Waals surface area contributed by atoms with Crippen molar-refractivity contribution in [1.29, 1.82) is 0 Å². The maximum atomic E-state index is 5.95. The second-order valence-electron chi connectivity index (χ2n) is 3.66. The van der Waals surface area contributed by atoms with Crippen LogP contribution in [0.3, 0.4) is 0 Å². The Kier molecular flexibility index (Phi) is 2.55. The molecule has 0 saturated carbocycles. The molecule has 0 aliphatic carbocycles. The minimum absolute atomic E-state index is 0.674. The summed E-state index contributed by atoms with van der Waals surface area (Å²) in [6, 6.07) is 1.89. The molecule has 0 radical (unpaired) electrons. The number of anilines is 3. The third kappa shape index (κ3) is 1.73. The minimum Gasteiger partial charge on any atom is -0.394 e. The molecule has 2 heterocycles. The van der Waals surface area contributed by atoms with Gasteiger partial charge in [-0.3, -0.25) is 4.68 Å². The summed E-state index contributed by atoms with van der Waals surface area (Å²) in [5.41, 5.74) is 7.46. The number of rotatable bonds is 3. The second kappa shape index (κ2) is 3.88. The van der Waals surface area contributed by atoms with Crippen molar-refractivity contribution in [3.8, 4) is 0 Å². The lowest BCUT2D eigenvalue weighted by Gasteiger charge is -2.06. The van der Waals surface area contributed by atoms with Crippen molar-refractivity contribution < 1.29 is 0 Å². The Morgan fingerprint density at radius 1 is 1.44 bits per heavy atom. The molecular weight excluding hydrogens is 204 g/mol. The summed E-state index contributed by atoms with van der Waals surface area (Å²) >= 11 is 0. The molecule has 0 unspecified atom stereocenters. The van der Waals surface area contributed by atoms with E-state index in [0.717, 1.165) is 23.9 Å². The highest BCUT2D eigenvalue weighted by Gasteiger charge is 2.12. The van der Waals surface area contributed by atoms with E-state index in [9.17, 15) is 0 Å². The summed E-state index contributed by atoms with van der Waals surface area (Å²) in [4.78, 5) is 0. The first-order valence-corrected chi connectivity index (χ1v) is 5.21. The first-order chi connectivity index (χ1) is 7.61. The summed E-state index contributed by atoms with van der Waals surface area (Å²) in [7, 11) is 1.87. The first kappa shape index (κ1) is 10.5. The van der Waals surface area contributed by atoms with Crippen LogP contribution in [-0.4, -0.2) is 19.6 Å². The van der Waals surface area contributed by atoms with Gasteiger partial charge in [-0.25, -0.2) is 4.68 Å². The average molecular weight is 220 g/mol. The Balaban J connectivity index is 2.33. The van der Waals surface area contributed by atoms with Crippen LogP contribution in [0.4, 0.5) is 17.3 Å². The summed E-state index contributed by atoms with van der Waals surface area (Å²) in [6.45, 7) is 4.69. The van der Waals surface area contributed by atoms with Crippen molar-refractivity contribution >= 4 is 17.3 Å². The van der Waals surface area contributed by atoms with Gasteiger partial charge in [0, 0.05) is 25.9 Å². The van der Waals surface area contributed by atoms with Crippen molar-refractivity contribution in [3.63, 3.8) is 0 Å². The van der Waals surface area contributed by atoms with Gasteiger partial charge in [0.1, 0.15) is 0 Å². The van der Waals surface area contributed by atoms with Gasteiger partial charge in [0.25, 0.3) is 0 Å². The van der Waals surface area contributed by atoms with Crippen LogP contribution in [-0.2, 0) is 13.6 Å². The van der Waals surface area contributed by atoms with Gasteiger partial charge in [-0.1, -0.05) is 0 Å². The average Bonchev–Trinajstić information content (AvgIpc) is 2.77. The van der Waals surface area contributed by atoms with E-state index >= 15 is 0 Å². The van der Waals surface area contributed by atoms with E-state index in [1.807, 2.05) is 37.8 Å². The molecule has 0 amide bonds. The van der Waals surface area contributed by atoms with Crippen LogP contribution in [0.2, 0.25) is 0 Å². The van der Waals surface area contributed by atoms with Gasteiger partial charge in [0.15, 0.2) is 11.6 Å². The molecule has 16 heavy (non-hydrogen) atoms. The van der Waals surface area contributed by atoms with Crippen LogP contribution in [0.15, 0.2) is 12.3 Å². The van der Waals surface area contributed by atoms with Gasteiger partial charge in [0.05, 0.1) is 11.4 Å². The molecule has 2 aromatic heterocycles. The zero-order valence-electron chi connectivity index (χ0n) is 9.73. The maximum absolute atomic E-state index is 5.95. The first-order valence-electron chi connectivity index (χ1n) is 5.21. The molecule has 6 nitrogen and oxygen atoms in total. The van der Waals surface area contributed by atoms with Gasteiger partial charge < -0.3 is 11.1 Å². The maximum Gasteiger partial charge on any atom is 0.153 e. The molecule has 0 atom stereocenters. The topological polar surface area (TPSA) is 73.7 Å². The molecule has 3 N–H and O–H groups in total. The quantitative estimate of drug-likeness (QED) is 0.817. The normalized spacial score (nSPS) is 10.7. The zero-order chi connectivity index (χ0) is 11.7. The molecule has 2 aromatic rings. The van der Waals surface area contributed by atoms with Crippen molar-refractivity contribution in [3.05, 3.63) is 18.0 Å². The predicted octanol–water partition coefficient (Wildman–Crippen LogP) is 1.27. The summed E-state index contributed by atoms with van der Waals surface area (Å²) in [5, 5.41) is 11.7. The molecule has 0 saturated heterocycles. The summed E-state index contributed by atoms with van der Waals surface area (Å²) < 4.78 is 3.57. The molecular formula is C10H16N6. The smallest absolute Gasteiger partial charge is 0.153 e. The van der Waals surface area contributed by atoms with Crippen LogP contribution >= 0.6 is 0 Å². The zero-order valence-corrected chi connectivity index (χ0v) is 9.73. The molecule has 0 fully saturated rings. The molecule has 2 rings (SSSR count). The monoisotopic (exact) mass is 220 g/mol. The van der Waals surface area contributed by atoms with E-state index < -0.39 is 0 Å². The van der Waals surface area contributed by atoms with Crippen molar-refractivity contribution in [2.24, 2.45) is 7.05 Å². The molecule has 0 spiro atoms. The van der Waals surface area contributed by atoms with Gasteiger partial charge >= 0.3 is 0 Å². The SMILES string of the molecule is CCn1nc(C)c(N)c1Nc1ccn(C)n1. The van der Waals surface area contributed by atoms with Crippen LogP contribution < -0.4 is 11.1 Å². The number of hydrogen-bond acceptors (Lipinski definition) is 4. The van der Waals surface area contributed by atoms with Crippen LogP contribution in [0, 0.1) is 6.92 Å². The predicted molar refractivity (Wildman–Crippen MR) is 63.5 cm³/mol. The van der Waals surface area contributed by atoms with Gasteiger partial charge in [-0.05, 0) is 13.8 Å². The lowest BCUT2D eigenvalue weighted by atomic mass is 10.4. The van der Waals surface area contributed by atoms with E-state index in [2.05, 4.69) is 15.5 Å². The number of nitrogens with two attached hydrogens (primary N) is 1. The van der Waals surface area contributed by atoms with Crippen molar-refractivity contribution in [2.45, 2.75) is 20.4 Å². The summed E-state index contributed by atoms with van der Waals surface area (Å²) in [6.07, 6.45) is 1.87. The van der Waals surface area contributed by atoms with Gasteiger partial charge in [-0.2, -0.15) is 10.2 Å². The third-order valence-electron chi connectivity index (χ3n) is 2.43. The van der Waals surface area contributed by atoms with Gasteiger partial charge in [0.2, 0.25) is 0 Å². The number of hydrogen-bond donors (Lipinski definition) is 2. The van der Waals surface area contributed by atoms with E-state index in [-0.39, 0.29) is 0 Å². The Bertz CT molecular complexity index is 495. The number of aromatic nitrogens is 4. The highest BCUT2D eigenvalue weighted by molar-refractivity contribution is 5.69. The Morgan fingerprint density at radius 2 is 2.19 bits per heavy atom. The molecule has 0 aromatic carbocycles. The standard InChI is InChI=1S/C10H16N6/c1-4-16-10(9(11)7(2)13-16)12-8-5-6-15(3)14-8/h5-6H,4,11H2,1-3H3,(H,12,14). The third-order valence-corrected chi connectivity index (χ3v) is 2.43. The summed E-state index contributed by atoms with van der Waals surface area (Å²) in [5.74, 6) is 1.57. The van der Waals surface area contributed by atoms with E-state index in [0.29, 0.717) is 5.69 Å². The fraction of sp³-hybridized carbons (Fsp3) is 0.400. The Labute approximate surface area is 94.1 Å². The molecule has 0 aliphatic rings. The Hall–Kier alpha value is -1.98. The van der Waals surface area contributed by atoms with Crippen LogP contribution in [0.5, 0.6) is 0 Å². The fourth-order valence-electron chi connectivity index (χ4n) is 1.56. The molecule has 6 heteroatoms. The largest absolute Gasteiger partial charge is 0.394 e. The number of nitrogens with one attached hydrogen (secondary N) is 1. The van der Waals surface area contributed by atoms with Gasteiger partial charge in [-0.15, -0.1) is 0 Å².